The molecule has 4 rings (SSSR count). The van der Waals surface area contributed by atoms with E-state index in [2.05, 4.69) is 10.1 Å². The van der Waals surface area contributed by atoms with E-state index in [-0.39, 0.29) is 17.6 Å². The third kappa shape index (κ3) is 2.14. The fourth-order valence-corrected chi connectivity index (χ4v) is 3.23. The highest BCUT2D eigenvalue weighted by atomic mass is 16.2. The average Bonchev–Trinajstić information content (AvgIpc) is 3.15. The van der Waals surface area contributed by atoms with Crippen molar-refractivity contribution in [1.29, 1.82) is 0 Å². The normalized spacial score (nSPS) is 15.5. The lowest BCUT2D eigenvalue weighted by Gasteiger charge is -2.29. The number of amides is 1. The van der Waals surface area contributed by atoms with Gasteiger partial charge in [-0.1, -0.05) is 12.1 Å². The molecule has 0 aliphatic carbocycles. The first-order chi connectivity index (χ1) is 11.6. The van der Waals surface area contributed by atoms with E-state index >= 15 is 0 Å². The van der Waals surface area contributed by atoms with Gasteiger partial charge in [-0.05, 0) is 19.1 Å². The SMILES string of the molecule is C[C@H](C(=O)N1CCn2c(nn(C)c2=O)C1)n1cnc2ccccc21. The predicted octanol–water partition coefficient (Wildman–Crippen LogP) is 0.535. The highest BCUT2D eigenvalue weighted by Crippen LogP contribution is 2.20. The second-order valence-corrected chi connectivity index (χ2v) is 6.05. The summed E-state index contributed by atoms with van der Waals surface area (Å²) >= 11 is 0. The van der Waals surface area contributed by atoms with E-state index in [1.807, 2.05) is 35.8 Å². The number of hydrogen-bond donors (Lipinski definition) is 0. The molecule has 0 saturated carbocycles. The highest BCUT2D eigenvalue weighted by Gasteiger charge is 2.28. The molecule has 0 N–H and O–H groups in total. The maximum Gasteiger partial charge on any atom is 0.345 e. The molecule has 124 valence electrons. The van der Waals surface area contributed by atoms with Crippen LogP contribution in [-0.2, 0) is 24.9 Å². The number of para-hydroxylation sites is 2. The fraction of sp³-hybridized carbons (Fsp3) is 0.375. The van der Waals surface area contributed by atoms with E-state index in [0.717, 1.165) is 11.0 Å². The molecule has 8 heteroatoms. The van der Waals surface area contributed by atoms with E-state index in [1.54, 1.807) is 22.8 Å². The molecule has 24 heavy (non-hydrogen) atoms. The summed E-state index contributed by atoms with van der Waals surface area (Å²) < 4.78 is 4.83. The van der Waals surface area contributed by atoms with Crippen molar-refractivity contribution in [3.05, 3.63) is 46.9 Å². The lowest BCUT2D eigenvalue weighted by atomic mass is 10.2. The summed E-state index contributed by atoms with van der Waals surface area (Å²) in [5.74, 6) is 0.632. The first-order valence-corrected chi connectivity index (χ1v) is 7.89. The predicted molar refractivity (Wildman–Crippen MR) is 87.3 cm³/mol. The van der Waals surface area contributed by atoms with Crippen LogP contribution in [0.4, 0.5) is 0 Å². The van der Waals surface area contributed by atoms with E-state index < -0.39 is 0 Å². The number of benzene rings is 1. The van der Waals surface area contributed by atoms with Crippen molar-refractivity contribution in [2.24, 2.45) is 7.05 Å². The van der Waals surface area contributed by atoms with Gasteiger partial charge in [0.1, 0.15) is 6.04 Å². The van der Waals surface area contributed by atoms with Gasteiger partial charge in [0.05, 0.1) is 23.9 Å². The number of imidazole rings is 1. The molecule has 1 aliphatic rings. The van der Waals surface area contributed by atoms with Gasteiger partial charge in [-0.2, -0.15) is 5.10 Å². The highest BCUT2D eigenvalue weighted by molar-refractivity contribution is 5.83. The number of aromatic nitrogens is 5. The van der Waals surface area contributed by atoms with Crippen molar-refractivity contribution in [3.8, 4) is 0 Å². The van der Waals surface area contributed by atoms with Crippen LogP contribution in [0.25, 0.3) is 11.0 Å². The van der Waals surface area contributed by atoms with E-state index in [0.29, 0.717) is 25.5 Å². The van der Waals surface area contributed by atoms with Gasteiger partial charge in [-0.25, -0.2) is 14.5 Å². The van der Waals surface area contributed by atoms with Crippen molar-refractivity contribution in [3.63, 3.8) is 0 Å². The molecule has 1 aliphatic heterocycles. The zero-order valence-electron chi connectivity index (χ0n) is 13.6. The topological polar surface area (TPSA) is 78.0 Å². The van der Waals surface area contributed by atoms with Crippen molar-refractivity contribution < 1.29 is 4.79 Å². The first kappa shape index (κ1) is 14.7. The molecule has 0 spiro atoms. The van der Waals surface area contributed by atoms with Crippen molar-refractivity contribution in [1.82, 2.24) is 28.8 Å². The third-order valence-electron chi connectivity index (χ3n) is 4.58. The van der Waals surface area contributed by atoms with Gasteiger partial charge >= 0.3 is 5.69 Å². The Bertz CT molecular complexity index is 982. The molecule has 0 radical (unpaired) electrons. The summed E-state index contributed by atoms with van der Waals surface area (Å²) in [6.45, 7) is 3.21. The maximum atomic E-state index is 12.9. The number of carbonyl (C=O) groups is 1. The number of rotatable bonds is 2. The van der Waals surface area contributed by atoms with Crippen LogP contribution < -0.4 is 5.69 Å². The molecule has 0 unspecified atom stereocenters. The van der Waals surface area contributed by atoms with E-state index in [1.165, 1.54) is 4.68 Å². The van der Waals surface area contributed by atoms with Gasteiger partial charge in [-0.15, -0.1) is 0 Å². The number of carbonyl (C=O) groups excluding carboxylic acids is 1. The van der Waals surface area contributed by atoms with Gasteiger partial charge in [0.25, 0.3) is 0 Å². The van der Waals surface area contributed by atoms with Crippen LogP contribution >= 0.6 is 0 Å². The molecule has 1 amide bonds. The second kappa shape index (κ2) is 5.33. The molecular weight excluding hydrogens is 308 g/mol. The summed E-state index contributed by atoms with van der Waals surface area (Å²) in [4.78, 5) is 30.9. The molecular formula is C16H18N6O2. The minimum atomic E-state index is -0.362. The number of fused-ring (bicyclic) bond motifs is 2. The summed E-state index contributed by atoms with van der Waals surface area (Å²) in [5, 5.41) is 4.21. The molecule has 8 nitrogen and oxygen atoms in total. The molecule has 0 fully saturated rings. The number of aryl methyl sites for hydroxylation is 1. The van der Waals surface area contributed by atoms with Gasteiger partial charge in [-0.3, -0.25) is 9.36 Å². The summed E-state index contributed by atoms with van der Waals surface area (Å²) in [6.07, 6.45) is 1.70. The zero-order chi connectivity index (χ0) is 16.8. The Balaban J connectivity index is 1.61. The Morgan fingerprint density at radius 1 is 1.25 bits per heavy atom. The van der Waals surface area contributed by atoms with Crippen LogP contribution in [0.2, 0.25) is 0 Å². The number of hydrogen-bond acceptors (Lipinski definition) is 4. The summed E-state index contributed by atoms with van der Waals surface area (Å²) in [5.41, 5.74) is 1.67. The van der Waals surface area contributed by atoms with Crippen LogP contribution in [0.3, 0.4) is 0 Å². The summed E-state index contributed by atoms with van der Waals surface area (Å²) in [6, 6.07) is 7.39. The molecule has 1 atom stereocenters. The van der Waals surface area contributed by atoms with Crippen LogP contribution in [0.5, 0.6) is 0 Å². The Hall–Kier alpha value is -2.90. The summed E-state index contributed by atoms with van der Waals surface area (Å²) in [7, 11) is 1.63. The quantitative estimate of drug-likeness (QED) is 0.688. The van der Waals surface area contributed by atoms with Gasteiger partial charge in [0.2, 0.25) is 5.91 Å². The Morgan fingerprint density at radius 3 is 2.88 bits per heavy atom. The monoisotopic (exact) mass is 326 g/mol. The molecule has 0 bridgehead atoms. The van der Waals surface area contributed by atoms with Crippen molar-refractivity contribution in [2.75, 3.05) is 6.54 Å². The lowest BCUT2D eigenvalue weighted by Crippen LogP contribution is -2.43. The van der Waals surface area contributed by atoms with Gasteiger partial charge < -0.3 is 9.47 Å². The van der Waals surface area contributed by atoms with Crippen LogP contribution in [0.15, 0.2) is 35.4 Å². The minimum absolute atomic E-state index is 0.00232. The van der Waals surface area contributed by atoms with E-state index in [9.17, 15) is 9.59 Å². The van der Waals surface area contributed by atoms with Crippen molar-refractivity contribution >= 4 is 16.9 Å². The van der Waals surface area contributed by atoms with Gasteiger partial charge in [0.15, 0.2) is 5.82 Å². The molecule has 3 heterocycles. The number of nitrogens with zero attached hydrogens (tertiary/aromatic N) is 6. The molecule has 0 saturated heterocycles. The van der Waals surface area contributed by atoms with Crippen LogP contribution in [0, 0.1) is 0 Å². The van der Waals surface area contributed by atoms with Crippen LogP contribution in [-0.4, -0.2) is 41.3 Å². The Labute approximate surface area is 137 Å². The average molecular weight is 326 g/mol. The lowest BCUT2D eigenvalue weighted by molar-refractivity contribution is -0.135. The first-order valence-electron chi connectivity index (χ1n) is 7.89. The maximum absolute atomic E-state index is 12.9. The smallest absolute Gasteiger partial charge is 0.332 e. The second-order valence-electron chi connectivity index (χ2n) is 6.05. The minimum Gasteiger partial charge on any atom is -0.332 e. The molecule has 3 aromatic rings. The zero-order valence-corrected chi connectivity index (χ0v) is 13.6. The fourth-order valence-electron chi connectivity index (χ4n) is 3.23. The largest absolute Gasteiger partial charge is 0.345 e. The molecule has 2 aromatic heterocycles. The molecule has 1 aromatic carbocycles. The van der Waals surface area contributed by atoms with Gasteiger partial charge in [0, 0.05) is 20.1 Å². The van der Waals surface area contributed by atoms with Crippen molar-refractivity contribution in [2.45, 2.75) is 26.1 Å². The van der Waals surface area contributed by atoms with E-state index in [4.69, 9.17) is 0 Å². The standard InChI is InChI=1S/C16H18N6O2/c1-11(22-10-17-12-5-3-4-6-13(12)22)15(23)20-7-8-21-14(9-20)18-19(2)16(21)24/h3-6,10-11H,7-9H2,1-2H3/t11-/m1/s1. The Morgan fingerprint density at radius 2 is 2.04 bits per heavy atom. The van der Waals surface area contributed by atoms with Crippen LogP contribution in [0.1, 0.15) is 18.8 Å². The third-order valence-corrected chi connectivity index (χ3v) is 4.58. The Kier molecular flexibility index (Phi) is 3.26.